The molecule has 6 rings (SSSR count). The molecule has 14 heteroatoms. The molecule has 5 aromatic rings. The van der Waals surface area contributed by atoms with Gasteiger partial charge < -0.3 is 35.7 Å². The maximum Gasteiger partial charge on any atom is 0.287 e. The molecule has 246 valence electrons. The molecule has 1 aliphatic heterocycles. The van der Waals surface area contributed by atoms with Crippen LogP contribution in [0.25, 0.3) is 10.8 Å². The van der Waals surface area contributed by atoms with Crippen LogP contribution in [0.2, 0.25) is 0 Å². The van der Waals surface area contributed by atoms with E-state index in [1.807, 2.05) is 24.3 Å². The summed E-state index contributed by atoms with van der Waals surface area (Å²) in [5.74, 6) is -1.08. The molecule has 0 bridgehead atoms. The number of hydrogen-bond donors (Lipinski definition) is 5. The van der Waals surface area contributed by atoms with Crippen LogP contribution in [0.3, 0.4) is 0 Å². The summed E-state index contributed by atoms with van der Waals surface area (Å²) >= 11 is 0. The van der Waals surface area contributed by atoms with Crippen LogP contribution in [0, 0.1) is 0 Å². The van der Waals surface area contributed by atoms with E-state index in [2.05, 4.69) is 41.5 Å². The lowest BCUT2D eigenvalue weighted by Gasteiger charge is -2.27. The van der Waals surface area contributed by atoms with Crippen LogP contribution in [-0.4, -0.2) is 86.9 Å². The minimum Gasteiger partial charge on any atom is -0.348 e. The molecule has 0 spiro atoms. The number of fused-ring (bicyclic) bond motifs is 1. The Balaban J connectivity index is 1.01. The van der Waals surface area contributed by atoms with Crippen molar-refractivity contribution in [2.24, 2.45) is 14.1 Å². The number of imidazole rings is 1. The van der Waals surface area contributed by atoms with Crippen LogP contribution in [0.5, 0.6) is 0 Å². The highest BCUT2D eigenvalue weighted by Gasteiger charge is 2.18. The SMILES string of the molecule is Cn1cc(NC(=O)c2cc3ccccc3cn2)cc1C(=O)Nc1ccc(C(=O)Nc2cn(C)c(C(=O)NCCN3CCNCC3)n2)cc1. The highest BCUT2D eigenvalue weighted by molar-refractivity contribution is 6.08. The average molecular weight is 649 g/mol. The van der Waals surface area contributed by atoms with Crippen molar-refractivity contribution in [3.05, 3.63) is 102 Å². The number of benzene rings is 2. The van der Waals surface area contributed by atoms with Crippen LogP contribution < -0.4 is 26.6 Å². The molecule has 0 radical (unpaired) electrons. The molecule has 4 heterocycles. The Morgan fingerprint density at radius 2 is 1.50 bits per heavy atom. The molecule has 48 heavy (non-hydrogen) atoms. The first kappa shape index (κ1) is 32.1. The average Bonchev–Trinajstić information content (AvgIpc) is 3.65. The topological polar surface area (TPSA) is 167 Å². The molecule has 0 unspecified atom stereocenters. The number of aromatic nitrogens is 4. The third kappa shape index (κ3) is 7.57. The predicted octanol–water partition coefficient (Wildman–Crippen LogP) is 2.70. The molecule has 5 N–H and O–H groups in total. The fourth-order valence-corrected chi connectivity index (χ4v) is 5.43. The quantitative estimate of drug-likeness (QED) is 0.154. The molecule has 3 aromatic heterocycles. The number of carbonyl (C=O) groups is 4. The zero-order valence-corrected chi connectivity index (χ0v) is 26.6. The van der Waals surface area contributed by atoms with Gasteiger partial charge in [0.15, 0.2) is 5.82 Å². The Bertz CT molecular complexity index is 1980. The monoisotopic (exact) mass is 648 g/mol. The maximum absolute atomic E-state index is 13.1. The molecule has 1 saturated heterocycles. The Labute approximate surface area is 276 Å². The highest BCUT2D eigenvalue weighted by Crippen LogP contribution is 2.19. The summed E-state index contributed by atoms with van der Waals surface area (Å²) in [5, 5.41) is 16.3. The van der Waals surface area contributed by atoms with Gasteiger partial charge in [0.2, 0.25) is 5.82 Å². The van der Waals surface area contributed by atoms with Gasteiger partial charge in [-0.25, -0.2) is 4.98 Å². The van der Waals surface area contributed by atoms with Crippen molar-refractivity contribution in [3.63, 3.8) is 0 Å². The number of hydrogen-bond acceptors (Lipinski definition) is 8. The summed E-state index contributed by atoms with van der Waals surface area (Å²) in [6, 6.07) is 17.3. The molecular formula is C34H36N10O4. The van der Waals surface area contributed by atoms with Gasteiger partial charge in [0.05, 0.1) is 5.69 Å². The number of pyridine rings is 1. The van der Waals surface area contributed by atoms with Gasteiger partial charge in [-0.05, 0) is 41.8 Å². The zero-order chi connectivity index (χ0) is 33.6. The fourth-order valence-electron chi connectivity index (χ4n) is 5.43. The zero-order valence-electron chi connectivity index (χ0n) is 26.6. The molecule has 0 aliphatic carbocycles. The molecule has 4 amide bonds. The van der Waals surface area contributed by atoms with Gasteiger partial charge in [0, 0.05) is 88.6 Å². The minimum atomic E-state index is -0.416. The first-order valence-corrected chi connectivity index (χ1v) is 15.5. The second-order valence-corrected chi connectivity index (χ2v) is 11.5. The van der Waals surface area contributed by atoms with Crippen LogP contribution in [0.15, 0.2) is 79.3 Å². The normalized spacial score (nSPS) is 13.2. The van der Waals surface area contributed by atoms with Crippen LogP contribution in [-0.2, 0) is 14.1 Å². The Kier molecular flexibility index (Phi) is 9.55. The van der Waals surface area contributed by atoms with Gasteiger partial charge in [-0.15, -0.1) is 0 Å². The van der Waals surface area contributed by atoms with Gasteiger partial charge >= 0.3 is 0 Å². The van der Waals surface area contributed by atoms with E-state index in [0.29, 0.717) is 29.2 Å². The molecule has 0 saturated carbocycles. The summed E-state index contributed by atoms with van der Waals surface area (Å²) in [5.41, 5.74) is 1.84. The van der Waals surface area contributed by atoms with Crippen molar-refractivity contribution in [3.8, 4) is 0 Å². The van der Waals surface area contributed by atoms with Gasteiger partial charge in [0.1, 0.15) is 11.4 Å². The maximum atomic E-state index is 13.1. The van der Waals surface area contributed by atoms with Crippen molar-refractivity contribution in [2.75, 3.05) is 55.2 Å². The Morgan fingerprint density at radius 1 is 0.771 bits per heavy atom. The number of carbonyl (C=O) groups excluding carboxylic acids is 4. The van der Waals surface area contributed by atoms with E-state index in [-0.39, 0.29) is 23.2 Å². The van der Waals surface area contributed by atoms with Crippen molar-refractivity contribution in [1.29, 1.82) is 0 Å². The van der Waals surface area contributed by atoms with Crippen molar-refractivity contribution in [1.82, 2.24) is 34.6 Å². The molecule has 2 aromatic carbocycles. The van der Waals surface area contributed by atoms with E-state index in [1.54, 1.807) is 78.2 Å². The third-order valence-corrected chi connectivity index (χ3v) is 8.01. The van der Waals surface area contributed by atoms with E-state index in [9.17, 15) is 19.2 Å². The van der Waals surface area contributed by atoms with Gasteiger partial charge in [-0.3, -0.25) is 29.1 Å². The number of piperazine rings is 1. The smallest absolute Gasteiger partial charge is 0.287 e. The van der Waals surface area contributed by atoms with E-state index >= 15 is 0 Å². The fraction of sp³-hybridized carbons (Fsp3) is 0.235. The molecule has 14 nitrogen and oxygen atoms in total. The number of aryl methyl sites for hydroxylation is 2. The third-order valence-electron chi connectivity index (χ3n) is 8.01. The van der Waals surface area contributed by atoms with Crippen LogP contribution >= 0.6 is 0 Å². The number of nitrogens with one attached hydrogen (secondary N) is 5. The lowest BCUT2D eigenvalue weighted by atomic mass is 10.1. The number of anilines is 3. The lowest BCUT2D eigenvalue weighted by molar-refractivity contribution is 0.0931. The summed E-state index contributed by atoms with van der Waals surface area (Å²) in [6.45, 7) is 5.04. The summed E-state index contributed by atoms with van der Waals surface area (Å²) in [4.78, 5) is 62.3. The Hall–Kier alpha value is -5.86. The lowest BCUT2D eigenvalue weighted by Crippen LogP contribution is -2.46. The Morgan fingerprint density at radius 3 is 2.27 bits per heavy atom. The van der Waals surface area contributed by atoms with E-state index in [0.717, 1.165) is 43.5 Å². The summed E-state index contributed by atoms with van der Waals surface area (Å²) in [6.07, 6.45) is 4.86. The molecule has 1 aliphatic rings. The second kappa shape index (κ2) is 14.3. The summed E-state index contributed by atoms with van der Waals surface area (Å²) < 4.78 is 3.17. The molecule has 0 atom stereocenters. The van der Waals surface area contributed by atoms with Crippen molar-refractivity contribution in [2.45, 2.75) is 0 Å². The van der Waals surface area contributed by atoms with Gasteiger partial charge in [-0.1, -0.05) is 24.3 Å². The van der Waals surface area contributed by atoms with E-state index in [1.165, 1.54) is 0 Å². The highest BCUT2D eigenvalue weighted by atomic mass is 16.2. The van der Waals surface area contributed by atoms with Crippen LogP contribution in [0.4, 0.5) is 17.2 Å². The van der Waals surface area contributed by atoms with Crippen molar-refractivity contribution < 1.29 is 19.2 Å². The van der Waals surface area contributed by atoms with Gasteiger partial charge in [-0.2, -0.15) is 0 Å². The molecule has 1 fully saturated rings. The summed E-state index contributed by atoms with van der Waals surface area (Å²) in [7, 11) is 3.39. The van der Waals surface area contributed by atoms with E-state index < -0.39 is 17.7 Å². The largest absolute Gasteiger partial charge is 0.348 e. The predicted molar refractivity (Wildman–Crippen MR) is 182 cm³/mol. The minimum absolute atomic E-state index is 0.192. The number of amides is 4. The first-order valence-electron chi connectivity index (χ1n) is 15.5. The first-order chi connectivity index (χ1) is 23.2. The number of nitrogens with zero attached hydrogens (tertiary/aromatic N) is 5. The van der Waals surface area contributed by atoms with Crippen LogP contribution in [0.1, 0.15) is 42.0 Å². The molecular weight excluding hydrogens is 612 g/mol. The standard InChI is InChI=1S/C34H36N10O4/c1-42-20-26(39-32(46)27-17-23-5-3-4-6-24(23)19-37-27)18-28(42)33(47)38-25-9-7-22(8-10-25)31(45)41-29-21-43(2)30(40-29)34(48)36-13-16-44-14-11-35-12-15-44/h3-10,17-21,35H,11-16H2,1-2H3,(H,36,48)(H,38,47)(H,39,46)(H,41,45). The van der Waals surface area contributed by atoms with Gasteiger partial charge in [0.25, 0.3) is 23.6 Å². The van der Waals surface area contributed by atoms with E-state index in [4.69, 9.17) is 0 Å². The second-order valence-electron chi connectivity index (χ2n) is 11.5. The number of rotatable bonds is 10. The van der Waals surface area contributed by atoms with Crippen molar-refractivity contribution >= 4 is 51.6 Å².